The van der Waals surface area contributed by atoms with Gasteiger partial charge in [-0.3, -0.25) is 13.9 Å². The van der Waals surface area contributed by atoms with Gasteiger partial charge < -0.3 is 9.30 Å². The molecule has 4 aromatic rings. The summed E-state index contributed by atoms with van der Waals surface area (Å²) in [6.45, 7) is 4.66. The van der Waals surface area contributed by atoms with Gasteiger partial charge in [0.15, 0.2) is 0 Å². The summed E-state index contributed by atoms with van der Waals surface area (Å²) in [6, 6.07) is 17.9. The van der Waals surface area contributed by atoms with Gasteiger partial charge in [-0.2, -0.15) is 0 Å². The van der Waals surface area contributed by atoms with E-state index in [0.29, 0.717) is 17.5 Å². The van der Waals surface area contributed by atoms with Gasteiger partial charge in [0.1, 0.15) is 6.10 Å². The summed E-state index contributed by atoms with van der Waals surface area (Å²) in [6.07, 6.45) is -0.398. The van der Waals surface area contributed by atoms with Crippen LogP contribution in [0.5, 0.6) is 0 Å². The van der Waals surface area contributed by atoms with Crippen LogP contribution in [0.1, 0.15) is 31.2 Å². The fourth-order valence-corrected chi connectivity index (χ4v) is 5.19. The van der Waals surface area contributed by atoms with E-state index in [1.807, 2.05) is 54.6 Å². The second-order valence-corrected chi connectivity index (χ2v) is 9.84. The Morgan fingerprint density at radius 1 is 1.00 bits per heavy atom. The predicted octanol–water partition coefficient (Wildman–Crippen LogP) is 4.32. The van der Waals surface area contributed by atoms with Crippen LogP contribution in [0, 0.1) is 0 Å². The van der Waals surface area contributed by atoms with E-state index >= 15 is 0 Å². The summed E-state index contributed by atoms with van der Waals surface area (Å²) in [5.41, 5.74) is 3.06. The molecule has 0 amide bonds. The molecule has 0 bridgehead atoms. The Kier molecular flexibility index (Phi) is 4.80. The van der Waals surface area contributed by atoms with Crippen molar-refractivity contribution in [1.29, 1.82) is 0 Å². The Labute approximate surface area is 193 Å². The highest BCUT2D eigenvalue weighted by Gasteiger charge is 2.40. The average molecular weight is 494 g/mol. The van der Waals surface area contributed by atoms with Crippen molar-refractivity contribution < 1.29 is 4.74 Å². The summed E-state index contributed by atoms with van der Waals surface area (Å²) in [5.74, 6) is 0. The van der Waals surface area contributed by atoms with Crippen molar-refractivity contribution in [1.82, 2.24) is 13.7 Å². The average Bonchev–Trinajstić information content (AvgIpc) is 3.14. The number of hydrogen-bond donors (Lipinski definition) is 0. The highest BCUT2D eigenvalue weighted by molar-refractivity contribution is 9.10. The van der Waals surface area contributed by atoms with Gasteiger partial charge in [0.2, 0.25) is 0 Å². The van der Waals surface area contributed by atoms with Gasteiger partial charge in [-0.05, 0) is 31.5 Å². The van der Waals surface area contributed by atoms with E-state index in [-0.39, 0.29) is 11.2 Å². The Hall–Kier alpha value is -2.90. The quantitative estimate of drug-likeness (QED) is 0.417. The van der Waals surface area contributed by atoms with Crippen molar-refractivity contribution in [3.8, 4) is 11.3 Å². The first-order chi connectivity index (χ1) is 15.2. The molecule has 1 aliphatic rings. The molecule has 2 aromatic carbocycles. The summed E-state index contributed by atoms with van der Waals surface area (Å²) >= 11 is 3.57. The topological polar surface area (TPSA) is 58.2 Å². The molecule has 0 spiro atoms. The molecule has 0 radical (unpaired) electrons. The maximum Gasteiger partial charge on any atom is 0.331 e. The highest BCUT2D eigenvalue weighted by atomic mass is 79.9. The van der Waals surface area contributed by atoms with E-state index < -0.39 is 11.6 Å². The van der Waals surface area contributed by atoms with E-state index in [2.05, 4.69) is 34.3 Å². The van der Waals surface area contributed by atoms with E-state index in [9.17, 15) is 9.59 Å². The Bertz CT molecular complexity index is 1480. The monoisotopic (exact) mass is 493 g/mol. The number of aromatic nitrogens is 3. The zero-order valence-corrected chi connectivity index (χ0v) is 20.0. The summed E-state index contributed by atoms with van der Waals surface area (Å²) in [5, 5.41) is 0.530. The SMILES string of the molecule is Cn1c(=O)c2c(-c3cccc(Br)c3)n3c(c2n(C)c1=O)[C@H](c1ccccc1)OCC3(C)C. The molecule has 0 saturated heterocycles. The maximum atomic E-state index is 13.5. The molecule has 7 heteroatoms. The van der Waals surface area contributed by atoms with Crippen LogP contribution >= 0.6 is 15.9 Å². The summed E-state index contributed by atoms with van der Waals surface area (Å²) in [7, 11) is 3.25. The minimum atomic E-state index is -0.432. The molecule has 164 valence electrons. The smallest absolute Gasteiger partial charge is 0.331 e. The number of hydrogen-bond acceptors (Lipinski definition) is 3. The van der Waals surface area contributed by atoms with Gasteiger partial charge in [-0.25, -0.2) is 4.79 Å². The van der Waals surface area contributed by atoms with Crippen LogP contribution < -0.4 is 11.2 Å². The van der Waals surface area contributed by atoms with Crippen molar-refractivity contribution in [3.05, 3.63) is 91.2 Å². The first kappa shape index (κ1) is 21.0. The molecule has 3 heterocycles. The summed E-state index contributed by atoms with van der Waals surface area (Å²) < 4.78 is 12.3. The first-order valence-electron chi connectivity index (χ1n) is 10.5. The number of aryl methyl sites for hydroxylation is 1. The van der Waals surface area contributed by atoms with Crippen LogP contribution in [0.25, 0.3) is 22.2 Å². The van der Waals surface area contributed by atoms with Crippen molar-refractivity contribution in [2.24, 2.45) is 14.1 Å². The third-order valence-electron chi connectivity index (χ3n) is 6.27. The molecule has 2 aromatic heterocycles. The largest absolute Gasteiger partial charge is 0.365 e. The predicted molar refractivity (Wildman–Crippen MR) is 129 cm³/mol. The van der Waals surface area contributed by atoms with Crippen molar-refractivity contribution in [2.45, 2.75) is 25.5 Å². The standard InChI is InChI=1S/C25H24BrN3O3/c1-25(2)14-32-22(15-9-6-5-7-10-15)21-20-18(23(30)28(4)24(31)27(20)3)19(29(21)25)16-11-8-12-17(26)13-16/h5-13,22H,14H2,1-4H3/t22-/m0/s1. The summed E-state index contributed by atoms with van der Waals surface area (Å²) in [4.78, 5) is 26.5. The number of rotatable bonds is 2. The zero-order valence-electron chi connectivity index (χ0n) is 18.4. The number of fused-ring (bicyclic) bond motifs is 3. The molecule has 0 saturated carbocycles. The molecular weight excluding hydrogens is 470 g/mol. The van der Waals surface area contributed by atoms with Crippen molar-refractivity contribution in [2.75, 3.05) is 6.61 Å². The van der Waals surface area contributed by atoms with Gasteiger partial charge >= 0.3 is 5.69 Å². The van der Waals surface area contributed by atoms with Gasteiger partial charge in [0.25, 0.3) is 5.56 Å². The number of nitrogens with zero attached hydrogens (tertiary/aromatic N) is 3. The highest BCUT2D eigenvalue weighted by Crippen LogP contribution is 2.45. The van der Waals surface area contributed by atoms with Gasteiger partial charge in [-0.1, -0.05) is 58.4 Å². The molecule has 5 rings (SSSR count). The number of ether oxygens (including phenoxy) is 1. The minimum absolute atomic E-state index is 0.303. The molecule has 1 atom stereocenters. The number of halogens is 1. The second kappa shape index (κ2) is 7.32. The third kappa shape index (κ3) is 2.95. The van der Waals surface area contributed by atoms with Crippen LogP contribution in [0.2, 0.25) is 0 Å². The Balaban J connectivity index is 2.04. The van der Waals surface area contributed by atoms with E-state index in [1.165, 1.54) is 11.6 Å². The van der Waals surface area contributed by atoms with E-state index in [1.54, 1.807) is 11.6 Å². The van der Waals surface area contributed by atoms with Crippen LogP contribution in [0.3, 0.4) is 0 Å². The molecule has 0 unspecified atom stereocenters. The molecule has 1 aliphatic heterocycles. The maximum absolute atomic E-state index is 13.5. The lowest BCUT2D eigenvalue weighted by molar-refractivity contribution is -0.00707. The molecular formula is C25H24BrN3O3. The normalized spacial score (nSPS) is 17.5. The van der Waals surface area contributed by atoms with E-state index in [0.717, 1.165) is 27.0 Å². The molecule has 0 fully saturated rings. The fourth-order valence-electron chi connectivity index (χ4n) is 4.79. The zero-order chi connectivity index (χ0) is 22.8. The third-order valence-corrected chi connectivity index (χ3v) is 6.76. The molecule has 32 heavy (non-hydrogen) atoms. The second-order valence-electron chi connectivity index (χ2n) is 8.92. The van der Waals surface area contributed by atoms with Gasteiger partial charge in [-0.15, -0.1) is 0 Å². The minimum Gasteiger partial charge on any atom is -0.365 e. The van der Waals surface area contributed by atoms with Crippen LogP contribution in [-0.2, 0) is 24.4 Å². The van der Waals surface area contributed by atoms with E-state index in [4.69, 9.17) is 4.74 Å². The van der Waals surface area contributed by atoms with Crippen molar-refractivity contribution >= 4 is 26.8 Å². The number of benzene rings is 2. The molecule has 6 nitrogen and oxygen atoms in total. The first-order valence-corrected chi connectivity index (χ1v) is 11.3. The fraction of sp³-hybridized carbons (Fsp3) is 0.280. The lowest BCUT2D eigenvalue weighted by atomic mass is 9.98. The Morgan fingerprint density at radius 2 is 1.72 bits per heavy atom. The lowest BCUT2D eigenvalue weighted by Gasteiger charge is -2.39. The van der Waals surface area contributed by atoms with Gasteiger partial charge in [0.05, 0.1) is 34.4 Å². The lowest BCUT2D eigenvalue weighted by Crippen LogP contribution is -2.40. The Morgan fingerprint density at radius 3 is 2.41 bits per heavy atom. The van der Waals surface area contributed by atoms with Crippen LogP contribution in [-0.4, -0.2) is 20.3 Å². The van der Waals surface area contributed by atoms with Crippen molar-refractivity contribution in [3.63, 3.8) is 0 Å². The van der Waals surface area contributed by atoms with Crippen LogP contribution in [0.15, 0.2) is 68.7 Å². The van der Waals surface area contributed by atoms with Crippen LogP contribution in [0.4, 0.5) is 0 Å². The molecule has 0 N–H and O–H groups in total. The van der Waals surface area contributed by atoms with Gasteiger partial charge in [0, 0.05) is 24.1 Å². The molecule has 0 aliphatic carbocycles.